The number of carbonyl (C=O) groups excluding carboxylic acids is 1. The fraction of sp³-hybridized carbons (Fsp3) is 0.522. The molecule has 5 rings (SSSR count). The van der Waals surface area contributed by atoms with Crippen LogP contribution in [0.5, 0.6) is 0 Å². The summed E-state index contributed by atoms with van der Waals surface area (Å²) >= 11 is 1.80. The Labute approximate surface area is 192 Å². The van der Waals surface area contributed by atoms with Gasteiger partial charge < -0.3 is 20.9 Å². The monoisotopic (exact) mass is 456 g/mol. The Balaban J connectivity index is 1.33. The van der Waals surface area contributed by atoms with Crippen LogP contribution in [0.2, 0.25) is 0 Å². The Morgan fingerprint density at radius 3 is 2.66 bits per heavy atom. The van der Waals surface area contributed by atoms with Gasteiger partial charge in [0.15, 0.2) is 0 Å². The zero-order valence-electron chi connectivity index (χ0n) is 18.3. The molecular formula is C23H29FN6OS. The second kappa shape index (κ2) is 8.51. The van der Waals surface area contributed by atoms with E-state index in [1.807, 2.05) is 7.05 Å². The van der Waals surface area contributed by atoms with Crippen LogP contribution in [0, 0.1) is 5.82 Å². The molecule has 0 radical (unpaired) electrons. The predicted octanol–water partition coefficient (Wildman–Crippen LogP) is 2.75. The molecule has 1 atom stereocenters. The average molecular weight is 457 g/mol. The summed E-state index contributed by atoms with van der Waals surface area (Å²) in [6.45, 7) is 2.19. The lowest BCUT2D eigenvalue weighted by Crippen LogP contribution is -2.48. The number of anilines is 2. The molecule has 1 aromatic heterocycles. The van der Waals surface area contributed by atoms with Gasteiger partial charge in [0, 0.05) is 56.9 Å². The Bertz CT molecular complexity index is 1010. The van der Waals surface area contributed by atoms with Crippen LogP contribution < -0.4 is 16.0 Å². The van der Waals surface area contributed by atoms with Gasteiger partial charge in [0.25, 0.3) is 0 Å². The number of fused-ring (bicyclic) bond motifs is 1. The first kappa shape index (κ1) is 21.5. The molecule has 0 unspecified atom stereocenters. The number of nitrogens with zero attached hydrogens (tertiary/aromatic N) is 4. The molecule has 32 heavy (non-hydrogen) atoms. The van der Waals surface area contributed by atoms with Crippen LogP contribution in [0.4, 0.5) is 16.2 Å². The normalized spacial score (nSPS) is 22.7. The van der Waals surface area contributed by atoms with Gasteiger partial charge in [-0.1, -0.05) is 12.1 Å². The number of amides is 1. The van der Waals surface area contributed by atoms with Crippen LogP contribution in [-0.4, -0.2) is 59.3 Å². The topological polar surface area (TPSA) is 87.4 Å². The number of hydrogen-bond donors (Lipinski definition) is 2. The largest absolute Gasteiger partial charge is 0.364 e. The number of nitrogens with one attached hydrogen (secondary N) is 1. The summed E-state index contributed by atoms with van der Waals surface area (Å²) in [5, 5.41) is 3.61. The number of rotatable bonds is 4. The number of hydrogen-bond acceptors (Lipinski definition) is 7. The molecule has 1 aromatic carbocycles. The number of aryl methyl sites for hydroxylation is 1. The molecule has 2 aromatic rings. The summed E-state index contributed by atoms with van der Waals surface area (Å²) in [6, 6.07) is 6.74. The lowest BCUT2D eigenvalue weighted by atomic mass is 9.82. The smallest absolute Gasteiger partial charge is 0.227 e. The maximum Gasteiger partial charge on any atom is 0.227 e. The van der Waals surface area contributed by atoms with Crippen molar-refractivity contribution >= 4 is 29.4 Å². The summed E-state index contributed by atoms with van der Waals surface area (Å²) in [5.74, 6) is 2.61. The minimum absolute atomic E-state index is 0.197. The van der Waals surface area contributed by atoms with Crippen LogP contribution in [0.15, 0.2) is 29.2 Å². The number of likely N-dealkylation sites (N-methyl/N-ethyl adjacent to an activating group) is 1. The number of halogens is 1. The minimum atomic E-state index is -0.461. The average Bonchev–Trinajstić information content (AvgIpc) is 3.26. The number of benzene rings is 1. The van der Waals surface area contributed by atoms with Crippen LogP contribution >= 0.6 is 11.8 Å². The first-order valence-electron chi connectivity index (χ1n) is 11.3. The number of aromatic nitrogens is 2. The van der Waals surface area contributed by atoms with Crippen molar-refractivity contribution in [2.75, 3.05) is 42.7 Å². The number of nitrogens with two attached hydrogens (primary N) is 1. The highest BCUT2D eigenvalue weighted by Gasteiger charge is 2.34. The van der Waals surface area contributed by atoms with Crippen LogP contribution in [0.25, 0.3) is 0 Å². The van der Waals surface area contributed by atoms with E-state index in [1.54, 1.807) is 28.8 Å². The summed E-state index contributed by atoms with van der Waals surface area (Å²) in [6.07, 6.45) is 3.84. The molecule has 0 aliphatic carbocycles. The fourth-order valence-electron chi connectivity index (χ4n) is 4.79. The molecule has 9 heteroatoms. The Kier molecular flexibility index (Phi) is 5.71. The third kappa shape index (κ3) is 4.15. The van der Waals surface area contributed by atoms with Gasteiger partial charge in [-0.15, -0.1) is 11.8 Å². The number of carbonyl (C=O) groups is 1. The molecule has 4 heterocycles. The quantitative estimate of drug-likeness (QED) is 0.731. The Morgan fingerprint density at radius 2 is 1.94 bits per heavy atom. The van der Waals surface area contributed by atoms with E-state index in [0.717, 1.165) is 72.4 Å². The molecule has 3 N–H and O–H groups in total. The van der Waals surface area contributed by atoms with E-state index >= 15 is 0 Å². The minimum Gasteiger partial charge on any atom is -0.364 e. The Morgan fingerprint density at radius 1 is 1.19 bits per heavy atom. The first-order chi connectivity index (χ1) is 15.4. The molecule has 0 spiro atoms. The molecule has 3 aliphatic heterocycles. The maximum absolute atomic E-state index is 13.3. The van der Waals surface area contributed by atoms with E-state index in [2.05, 4.69) is 10.2 Å². The molecular weight excluding hydrogens is 427 g/mol. The highest BCUT2D eigenvalue weighted by molar-refractivity contribution is 7.99. The van der Waals surface area contributed by atoms with Crippen molar-refractivity contribution in [3.63, 3.8) is 0 Å². The molecule has 3 aliphatic rings. The Hall–Kier alpha value is -2.39. The molecule has 0 bridgehead atoms. The van der Waals surface area contributed by atoms with Crippen LogP contribution in [0.1, 0.15) is 36.9 Å². The predicted molar refractivity (Wildman–Crippen MR) is 124 cm³/mol. The van der Waals surface area contributed by atoms with Crippen molar-refractivity contribution in [2.45, 2.75) is 48.6 Å². The van der Waals surface area contributed by atoms with Gasteiger partial charge in [0.1, 0.15) is 11.6 Å². The fourth-order valence-corrected chi connectivity index (χ4v) is 5.85. The third-order valence-corrected chi connectivity index (χ3v) is 7.96. The van der Waals surface area contributed by atoms with Gasteiger partial charge in [-0.2, -0.15) is 4.98 Å². The summed E-state index contributed by atoms with van der Waals surface area (Å²) < 4.78 is 13.3. The van der Waals surface area contributed by atoms with E-state index in [4.69, 9.17) is 15.7 Å². The second-order valence-corrected chi connectivity index (χ2v) is 10.2. The van der Waals surface area contributed by atoms with Crippen molar-refractivity contribution in [3.8, 4) is 0 Å². The third-order valence-electron chi connectivity index (χ3n) is 6.83. The van der Waals surface area contributed by atoms with Gasteiger partial charge >= 0.3 is 0 Å². The van der Waals surface area contributed by atoms with Gasteiger partial charge in [-0.3, -0.25) is 4.79 Å². The van der Waals surface area contributed by atoms with Gasteiger partial charge in [-0.05, 0) is 37.0 Å². The molecule has 170 valence electrons. The maximum atomic E-state index is 13.3. The molecule has 0 saturated carbocycles. The lowest BCUT2D eigenvalue weighted by molar-refractivity contribution is -0.132. The molecule has 2 saturated heterocycles. The first-order valence-corrected chi connectivity index (χ1v) is 12.2. The highest BCUT2D eigenvalue weighted by atomic mass is 32.2. The van der Waals surface area contributed by atoms with Crippen molar-refractivity contribution in [1.82, 2.24) is 14.9 Å². The summed E-state index contributed by atoms with van der Waals surface area (Å²) in [4.78, 5) is 26.8. The lowest BCUT2D eigenvalue weighted by Gasteiger charge is -2.40. The van der Waals surface area contributed by atoms with E-state index in [0.29, 0.717) is 13.0 Å². The number of thioether (sulfide) groups is 1. The van der Waals surface area contributed by atoms with Crippen LogP contribution in [-0.2, 0) is 16.8 Å². The highest BCUT2D eigenvalue weighted by Crippen LogP contribution is 2.38. The number of piperidine rings is 2. The number of likely N-dealkylation sites (tertiary alicyclic amines) is 1. The standard InChI is InChI=1S/C23H29FN6OS/c1-29-14-17(6-7-19(29)31)26-21-20-18(8-13-32-20)27-22(28-21)30-11-9-23(25,10-12-30)15-2-4-16(24)5-3-15/h2-5,17H,6-14,25H2,1H3,(H,26,27,28)/t17-/m0/s1. The SMILES string of the molecule is CN1C[C@@H](Nc2nc(N3CCC(N)(c4ccc(F)cc4)CC3)nc3c2SCC3)CCC1=O. The van der Waals surface area contributed by atoms with Gasteiger partial charge in [0.05, 0.1) is 10.6 Å². The zero-order chi connectivity index (χ0) is 22.3. The molecule has 7 nitrogen and oxygen atoms in total. The molecule has 2 fully saturated rings. The van der Waals surface area contributed by atoms with E-state index in [1.165, 1.54) is 12.1 Å². The van der Waals surface area contributed by atoms with Crippen molar-refractivity contribution in [2.24, 2.45) is 5.73 Å². The van der Waals surface area contributed by atoms with E-state index < -0.39 is 5.54 Å². The summed E-state index contributed by atoms with van der Waals surface area (Å²) in [5.41, 5.74) is 8.32. The van der Waals surface area contributed by atoms with Crippen molar-refractivity contribution in [1.29, 1.82) is 0 Å². The molecule has 1 amide bonds. The summed E-state index contributed by atoms with van der Waals surface area (Å²) in [7, 11) is 1.86. The van der Waals surface area contributed by atoms with Gasteiger partial charge in [0.2, 0.25) is 11.9 Å². The van der Waals surface area contributed by atoms with E-state index in [9.17, 15) is 9.18 Å². The van der Waals surface area contributed by atoms with Crippen molar-refractivity contribution < 1.29 is 9.18 Å². The van der Waals surface area contributed by atoms with Crippen molar-refractivity contribution in [3.05, 3.63) is 41.3 Å². The second-order valence-electron chi connectivity index (χ2n) is 9.05. The van der Waals surface area contributed by atoms with E-state index in [-0.39, 0.29) is 17.8 Å². The van der Waals surface area contributed by atoms with Crippen LogP contribution in [0.3, 0.4) is 0 Å². The zero-order valence-corrected chi connectivity index (χ0v) is 19.1. The van der Waals surface area contributed by atoms with Gasteiger partial charge in [-0.25, -0.2) is 9.37 Å².